The van der Waals surface area contributed by atoms with Crippen LogP contribution in [0.1, 0.15) is 0 Å². The standard InChI is InChI=1S/C12H15N3O3S/c1-19(16,17)15-8-6-14(7-9-15)12-13-10-4-2-3-5-11(10)18-12/h2-5H,6-9H2,1H3. The van der Waals surface area contributed by atoms with Crippen LogP contribution in [-0.2, 0) is 10.0 Å². The van der Waals surface area contributed by atoms with E-state index < -0.39 is 10.0 Å². The van der Waals surface area contributed by atoms with Gasteiger partial charge in [0.25, 0.3) is 6.01 Å². The minimum absolute atomic E-state index is 0.470. The zero-order chi connectivity index (χ0) is 13.5. The summed E-state index contributed by atoms with van der Waals surface area (Å²) >= 11 is 0. The monoisotopic (exact) mass is 281 g/mol. The van der Waals surface area contributed by atoms with Gasteiger partial charge in [0.1, 0.15) is 5.52 Å². The number of rotatable bonds is 2. The number of hydrogen-bond donors (Lipinski definition) is 0. The topological polar surface area (TPSA) is 66.7 Å². The third kappa shape index (κ3) is 2.43. The summed E-state index contributed by atoms with van der Waals surface area (Å²) in [6.07, 6.45) is 1.24. The maximum Gasteiger partial charge on any atom is 0.298 e. The van der Waals surface area contributed by atoms with Crippen LogP contribution in [0.4, 0.5) is 6.01 Å². The SMILES string of the molecule is CS(=O)(=O)N1CCN(c2nc3ccccc3o2)CC1. The molecule has 6 nitrogen and oxygen atoms in total. The van der Waals surface area contributed by atoms with Crippen LogP contribution in [0.15, 0.2) is 28.7 Å². The molecule has 0 bridgehead atoms. The van der Waals surface area contributed by atoms with Gasteiger partial charge in [-0.3, -0.25) is 0 Å². The molecule has 1 aromatic heterocycles. The second-order valence-corrected chi connectivity index (χ2v) is 6.60. The van der Waals surface area contributed by atoms with E-state index in [1.807, 2.05) is 29.2 Å². The van der Waals surface area contributed by atoms with Crippen LogP contribution < -0.4 is 4.90 Å². The van der Waals surface area contributed by atoms with Gasteiger partial charge in [-0.1, -0.05) is 12.1 Å². The Hall–Kier alpha value is -1.60. The predicted octanol–water partition coefficient (Wildman–Crippen LogP) is 0.909. The minimum atomic E-state index is -3.10. The molecule has 2 heterocycles. The van der Waals surface area contributed by atoms with E-state index in [0.717, 1.165) is 11.1 Å². The number of benzene rings is 1. The van der Waals surface area contributed by atoms with Gasteiger partial charge in [-0.25, -0.2) is 8.42 Å². The molecule has 2 aromatic rings. The fraction of sp³-hybridized carbons (Fsp3) is 0.417. The molecule has 0 spiro atoms. The molecular weight excluding hydrogens is 266 g/mol. The summed E-state index contributed by atoms with van der Waals surface area (Å²) in [6.45, 7) is 2.13. The Bertz CT molecular complexity index is 654. The van der Waals surface area contributed by atoms with Crippen molar-refractivity contribution in [3.63, 3.8) is 0 Å². The molecule has 0 aliphatic carbocycles. The average molecular weight is 281 g/mol. The van der Waals surface area contributed by atoms with Crippen molar-refractivity contribution in [1.29, 1.82) is 0 Å². The number of hydrogen-bond acceptors (Lipinski definition) is 5. The van der Waals surface area contributed by atoms with Gasteiger partial charge in [0.15, 0.2) is 5.58 Å². The maximum atomic E-state index is 11.4. The summed E-state index contributed by atoms with van der Waals surface area (Å²) in [4.78, 5) is 6.39. The van der Waals surface area contributed by atoms with E-state index in [2.05, 4.69) is 4.98 Å². The Balaban J connectivity index is 1.78. The maximum absolute atomic E-state index is 11.4. The molecule has 0 radical (unpaired) electrons. The van der Waals surface area contributed by atoms with Crippen LogP contribution in [0.2, 0.25) is 0 Å². The molecule has 0 amide bonds. The largest absolute Gasteiger partial charge is 0.423 e. The van der Waals surface area contributed by atoms with Crippen LogP contribution in [0.3, 0.4) is 0 Å². The van der Waals surface area contributed by atoms with Gasteiger partial charge >= 0.3 is 0 Å². The number of anilines is 1. The third-order valence-corrected chi connectivity index (χ3v) is 4.56. The zero-order valence-corrected chi connectivity index (χ0v) is 11.4. The highest BCUT2D eigenvalue weighted by Gasteiger charge is 2.25. The first-order chi connectivity index (χ1) is 9.04. The number of fused-ring (bicyclic) bond motifs is 1. The van der Waals surface area contributed by atoms with E-state index in [-0.39, 0.29) is 0 Å². The highest BCUT2D eigenvalue weighted by Crippen LogP contribution is 2.22. The molecule has 0 N–H and O–H groups in total. The van der Waals surface area contributed by atoms with E-state index in [9.17, 15) is 8.42 Å². The van der Waals surface area contributed by atoms with Gasteiger partial charge < -0.3 is 9.32 Å². The zero-order valence-electron chi connectivity index (χ0n) is 10.6. The lowest BCUT2D eigenvalue weighted by molar-refractivity contribution is 0.376. The second kappa shape index (κ2) is 4.50. The summed E-state index contributed by atoms with van der Waals surface area (Å²) in [7, 11) is -3.10. The molecule has 7 heteroatoms. The molecule has 1 saturated heterocycles. The van der Waals surface area contributed by atoms with Crippen molar-refractivity contribution in [3.05, 3.63) is 24.3 Å². The third-order valence-electron chi connectivity index (χ3n) is 3.26. The van der Waals surface area contributed by atoms with Crippen molar-refractivity contribution in [3.8, 4) is 0 Å². The fourth-order valence-corrected chi connectivity index (χ4v) is 3.03. The van der Waals surface area contributed by atoms with Crippen molar-refractivity contribution in [2.45, 2.75) is 0 Å². The Kier molecular flexibility index (Phi) is 2.94. The summed E-state index contributed by atoms with van der Waals surface area (Å²) in [5.74, 6) is 0. The normalized spacial score (nSPS) is 18.1. The molecule has 1 aromatic carbocycles. The second-order valence-electron chi connectivity index (χ2n) is 4.61. The van der Waals surface area contributed by atoms with E-state index in [1.54, 1.807) is 0 Å². The van der Waals surface area contributed by atoms with Crippen LogP contribution >= 0.6 is 0 Å². The average Bonchev–Trinajstić information content (AvgIpc) is 2.81. The van der Waals surface area contributed by atoms with Gasteiger partial charge in [-0.15, -0.1) is 0 Å². The number of oxazole rings is 1. The Labute approximate surface area is 111 Å². The molecule has 0 unspecified atom stereocenters. The van der Waals surface area contributed by atoms with E-state index in [0.29, 0.717) is 32.2 Å². The first-order valence-electron chi connectivity index (χ1n) is 6.10. The molecule has 0 saturated carbocycles. The smallest absolute Gasteiger partial charge is 0.298 e. The summed E-state index contributed by atoms with van der Waals surface area (Å²) < 4.78 is 30.0. The van der Waals surface area contributed by atoms with Crippen molar-refractivity contribution in [1.82, 2.24) is 9.29 Å². The van der Waals surface area contributed by atoms with Crippen LogP contribution in [0, 0.1) is 0 Å². The van der Waals surface area contributed by atoms with Crippen LogP contribution in [0.5, 0.6) is 0 Å². The number of aromatic nitrogens is 1. The predicted molar refractivity (Wildman–Crippen MR) is 72.6 cm³/mol. The summed E-state index contributed by atoms with van der Waals surface area (Å²) in [5.41, 5.74) is 1.58. The van der Waals surface area contributed by atoms with E-state index >= 15 is 0 Å². The number of nitrogens with zero attached hydrogens (tertiary/aromatic N) is 3. The molecule has 0 atom stereocenters. The van der Waals surface area contributed by atoms with Crippen molar-refractivity contribution < 1.29 is 12.8 Å². The molecule has 1 aliphatic heterocycles. The molecule has 19 heavy (non-hydrogen) atoms. The van der Waals surface area contributed by atoms with Gasteiger partial charge in [0, 0.05) is 26.2 Å². The highest BCUT2D eigenvalue weighted by molar-refractivity contribution is 7.88. The van der Waals surface area contributed by atoms with Gasteiger partial charge in [0.2, 0.25) is 10.0 Å². The van der Waals surface area contributed by atoms with Crippen LogP contribution in [-0.4, -0.2) is 50.1 Å². The quantitative estimate of drug-likeness (QED) is 0.818. The van der Waals surface area contributed by atoms with Gasteiger partial charge in [-0.2, -0.15) is 9.29 Å². The van der Waals surface area contributed by atoms with Crippen molar-refractivity contribution >= 4 is 27.1 Å². The fourth-order valence-electron chi connectivity index (χ4n) is 2.21. The Morgan fingerprint density at radius 1 is 1.16 bits per heavy atom. The minimum Gasteiger partial charge on any atom is -0.423 e. The lowest BCUT2D eigenvalue weighted by Crippen LogP contribution is -2.48. The molecule has 1 aliphatic rings. The lowest BCUT2D eigenvalue weighted by Gasteiger charge is -2.32. The van der Waals surface area contributed by atoms with Crippen LogP contribution in [0.25, 0.3) is 11.1 Å². The first kappa shape index (κ1) is 12.4. The Morgan fingerprint density at radius 3 is 2.47 bits per heavy atom. The number of sulfonamides is 1. The first-order valence-corrected chi connectivity index (χ1v) is 7.94. The van der Waals surface area contributed by atoms with Gasteiger partial charge in [0.05, 0.1) is 6.26 Å². The van der Waals surface area contributed by atoms with Crippen molar-refractivity contribution in [2.75, 3.05) is 37.3 Å². The van der Waals surface area contributed by atoms with E-state index in [1.165, 1.54) is 10.6 Å². The summed E-state index contributed by atoms with van der Waals surface area (Å²) in [6, 6.07) is 8.15. The van der Waals surface area contributed by atoms with E-state index in [4.69, 9.17) is 4.42 Å². The number of piperazine rings is 1. The number of para-hydroxylation sites is 2. The molecule has 102 valence electrons. The lowest BCUT2D eigenvalue weighted by atomic mass is 10.3. The summed E-state index contributed by atoms with van der Waals surface area (Å²) in [5, 5.41) is 0. The highest BCUT2D eigenvalue weighted by atomic mass is 32.2. The molecule has 1 fully saturated rings. The molecule has 3 rings (SSSR count). The van der Waals surface area contributed by atoms with Gasteiger partial charge in [-0.05, 0) is 12.1 Å². The molecular formula is C12H15N3O3S. The van der Waals surface area contributed by atoms with Crippen molar-refractivity contribution in [2.24, 2.45) is 0 Å². The Morgan fingerprint density at radius 2 is 1.84 bits per heavy atom.